The van der Waals surface area contributed by atoms with Crippen molar-refractivity contribution in [2.24, 2.45) is 11.8 Å². The van der Waals surface area contributed by atoms with E-state index in [-0.39, 0.29) is 31.3 Å². The number of carbonyl (C=O) groups is 2. The van der Waals surface area contributed by atoms with Crippen LogP contribution in [0, 0.1) is 11.8 Å². The Bertz CT molecular complexity index is 1270. The van der Waals surface area contributed by atoms with Gasteiger partial charge in [0.25, 0.3) is 0 Å². The molecule has 2 aromatic rings. The Kier molecular flexibility index (Phi) is 12.7. The number of rotatable bonds is 13. The number of hydrogen-bond donors (Lipinski definition) is 4. The Morgan fingerprint density at radius 3 is 2.52 bits per heavy atom. The van der Waals surface area contributed by atoms with Crippen LogP contribution in [0.2, 0.25) is 0 Å². The Morgan fingerprint density at radius 2 is 1.78 bits per heavy atom. The smallest absolute Gasteiger partial charge is 0.407 e. The van der Waals surface area contributed by atoms with Gasteiger partial charge in [-0.3, -0.25) is 4.79 Å². The second-order valence-corrected chi connectivity index (χ2v) is 13.1. The Morgan fingerprint density at radius 1 is 1.02 bits per heavy atom. The average Bonchev–Trinajstić information content (AvgIpc) is 3.39. The van der Waals surface area contributed by atoms with Crippen LogP contribution < -0.4 is 10.6 Å². The van der Waals surface area contributed by atoms with E-state index in [0.717, 1.165) is 42.4 Å². The van der Waals surface area contributed by atoms with Crippen LogP contribution in [0.3, 0.4) is 0 Å². The van der Waals surface area contributed by atoms with Gasteiger partial charge in [0.1, 0.15) is 6.10 Å². The van der Waals surface area contributed by atoms with Crippen LogP contribution in [-0.2, 0) is 25.4 Å². The number of allylic oxidation sites excluding steroid dienone is 1. The summed E-state index contributed by atoms with van der Waals surface area (Å²) in [5, 5.41) is 28.6. The summed E-state index contributed by atoms with van der Waals surface area (Å²) in [7, 11) is 1.59. The largest absolute Gasteiger partial charge is 0.444 e. The van der Waals surface area contributed by atoms with E-state index in [1.165, 1.54) is 6.42 Å². The van der Waals surface area contributed by atoms with Gasteiger partial charge in [-0.25, -0.2) is 4.79 Å². The van der Waals surface area contributed by atoms with Crippen molar-refractivity contribution in [3.63, 3.8) is 0 Å². The quantitative estimate of drug-likeness (QED) is 0.231. The van der Waals surface area contributed by atoms with Crippen molar-refractivity contribution >= 4 is 18.1 Å². The number of methoxy groups -OCH3 is 1. The zero-order chi connectivity index (χ0) is 32.3. The number of nitrogens with one attached hydrogen (secondary N) is 2. The molecule has 2 aliphatic carbocycles. The van der Waals surface area contributed by atoms with Gasteiger partial charge in [0.15, 0.2) is 6.29 Å². The van der Waals surface area contributed by atoms with E-state index in [2.05, 4.69) is 10.6 Å². The molecule has 0 bridgehead atoms. The topological polar surface area (TPSA) is 126 Å². The van der Waals surface area contributed by atoms with Crippen LogP contribution in [0.25, 0.3) is 6.08 Å². The number of benzene rings is 2. The molecule has 46 heavy (non-hydrogen) atoms. The van der Waals surface area contributed by atoms with E-state index >= 15 is 0 Å². The van der Waals surface area contributed by atoms with E-state index in [0.29, 0.717) is 38.0 Å². The lowest BCUT2D eigenvalue weighted by molar-refractivity contribution is -0.173. The van der Waals surface area contributed by atoms with Crippen LogP contribution in [-0.4, -0.2) is 66.6 Å². The van der Waals surface area contributed by atoms with E-state index < -0.39 is 36.3 Å². The first-order valence-corrected chi connectivity index (χ1v) is 17.0. The number of aliphatic hydroxyl groups is 2. The lowest BCUT2D eigenvalue weighted by Gasteiger charge is -2.33. The van der Waals surface area contributed by atoms with Gasteiger partial charge in [-0.15, -0.1) is 0 Å². The van der Waals surface area contributed by atoms with Gasteiger partial charge in [0, 0.05) is 25.9 Å². The third-order valence-electron chi connectivity index (χ3n) is 9.74. The Balaban J connectivity index is 1.28. The molecule has 9 nitrogen and oxygen atoms in total. The fraction of sp³-hybridized carbons (Fsp3) is 0.568. The summed E-state index contributed by atoms with van der Waals surface area (Å²) >= 11 is 0. The molecule has 2 aromatic carbocycles. The first-order valence-electron chi connectivity index (χ1n) is 17.0. The molecule has 0 spiro atoms. The lowest BCUT2D eigenvalue weighted by Crippen LogP contribution is -2.48. The molecule has 2 amide bonds. The fourth-order valence-electron chi connectivity index (χ4n) is 7.13. The summed E-state index contributed by atoms with van der Waals surface area (Å²) in [4.78, 5) is 27.0. The highest BCUT2D eigenvalue weighted by Gasteiger charge is 2.36. The van der Waals surface area contributed by atoms with Gasteiger partial charge >= 0.3 is 6.09 Å². The van der Waals surface area contributed by atoms with Gasteiger partial charge in [-0.2, -0.15) is 0 Å². The molecule has 2 fully saturated rings. The zero-order valence-electron chi connectivity index (χ0n) is 26.9. The molecule has 0 radical (unpaired) electrons. The second kappa shape index (κ2) is 17.1. The third kappa shape index (κ3) is 9.64. The number of fused-ring (bicyclic) bond motifs is 1. The maximum atomic E-state index is 13.9. The highest BCUT2D eigenvalue weighted by Crippen LogP contribution is 2.33. The van der Waals surface area contributed by atoms with Gasteiger partial charge < -0.3 is 35.1 Å². The number of carbonyl (C=O) groups excluding carboxylic acids is 2. The molecular weight excluding hydrogens is 584 g/mol. The number of alkyl carbamates (subject to hydrolysis) is 1. The highest BCUT2D eigenvalue weighted by molar-refractivity contribution is 5.80. The monoisotopic (exact) mass is 634 g/mol. The van der Waals surface area contributed by atoms with Gasteiger partial charge in [0.2, 0.25) is 5.91 Å². The summed E-state index contributed by atoms with van der Waals surface area (Å²) in [5.41, 5.74) is 2.97. The number of hydrogen-bond acceptors (Lipinski definition) is 7. The summed E-state index contributed by atoms with van der Waals surface area (Å²) in [6, 6.07) is 16.6. The maximum Gasteiger partial charge on any atom is 0.407 e. The summed E-state index contributed by atoms with van der Waals surface area (Å²) in [6.07, 6.45) is 9.47. The predicted molar refractivity (Wildman–Crippen MR) is 176 cm³/mol. The molecule has 1 aliphatic heterocycles. The maximum absolute atomic E-state index is 13.9. The van der Waals surface area contributed by atoms with Crippen molar-refractivity contribution in [1.82, 2.24) is 10.6 Å². The average molecular weight is 635 g/mol. The molecule has 1 saturated carbocycles. The molecule has 0 aromatic heterocycles. The zero-order valence-corrected chi connectivity index (χ0v) is 26.9. The van der Waals surface area contributed by atoms with E-state index in [4.69, 9.17) is 14.2 Å². The van der Waals surface area contributed by atoms with Crippen molar-refractivity contribution in [2.75, 3.05) is 13.7 Å². The van der Waals surface area contributed by atoms with Gasteiger partial charge in [-0.1, -0.05) is 98.9 Å². The molecule has 9 heteroatoms. The van der Waals surface area contributed by atoms with Crippen LogP contribution in [0.1, 0.15) is 86.9 Å². The van der Waals surface area contributed by atoms with Crippen LogP contribution in [0.15, 0.2) is 60.7 Å². The standard InChI is InChI=1S/C37H50N2O7/c1-44-34-20-19-29(24-45-34)46-37(43)38-31(21-26-13-6-3-7-14-26)32(40)23-28(17-10-15-25-11-4-2-5-12-25)36(42)39-35-30-18-9-8-16-27(30)22-33(35)41/h2,4-5,8-12,15-16,18,26,28-29,31-35,40-41H,3,6-7,13-14,17,19-24H2,1H3,(H,38,43)(H,39,42)/t28-,29+,31+,32+,33-,34+,35+/m1/s1. The Labute approximate surface area is 272 Å². The molecule has 3 aliphatic rings. The molecule has 7 atom stereocenters. The van der Waals surface area contributed by atoms with E-state index in [9.17, 15) is 19.8 Å². The molecule has 1 heterocycles. The lowest BCUT2D eigenvalue weighted by atomic mass is 9.82. The minimum Gasteiger partial charge on any atom is -0.444 e. The van der Waals surface area contributed by atoms with Crippen molar-refractivity contribution in [1.29, 1.82) is 0 Å². The molecular formula is C37H50N2O7. The molecule has 250 valence electrons. The normalized spacial score (nSPS) is 25.4. The second-order valence-electron chi connectivity index (χ2n) is 13.1. The number of ether oxygens (including phenoxy) is 3. The first-order chi connectivity index (χ1) is 22.4. The number of amides is 2. The SMILES string of the molecule is CO[C@@H]1CC[C@H](OC(=O)N[C@@H](CC2CCCCC2)[C@@H](O)C[C@@H](CC=Cc2ccccc2)C(=O)N[C@H]2c3ccccc3C[C@H]2O)CO1. The third-order valence-corrected chi connectivity index (χ3v) is 9.74. The van der Waals surface area contributed by atoms with Crippen LogP contribution in [0.4, 0.5) is 4.79 Å². The molecule has 4 N–H and O–H groups in total. The van der Waals surface area contributed by atoms with Crippen LogP contribution in [0.5, 0.6) is 0 Å². The van der Waals surface area contributed by atoms with Crippen LogP contribution >= 0.6 is 0 Å². The van der Waals surface area contributed by atoms with E-state index in [1.807, 2.05) is 66.7 Å². The fourth-order valence-corrected chi connectivity index (χ4v) is 7.13. The molecule has 1 saturated heterocycles. The van der Waals surface area contributed by atoms with E-state index in [1.54, 1.807) is 7.11 Å². The molecule has 0 unspecified atom stereocenters. The van der Waals surface area contributed by atoms with Crippen molar-refractivity contribution in [3.8, 4) is 0 Å². The van der Waals surface area contributed by atoms with Crippen molar-refractivity contribution < 1.29 is 34.0 Å². The highest BCUT2D eigenvalue weighted by atomic mass is 16.7. The van der Waals surface area contributed by atoms with Crippen molar-refractivity contribution in [3.05, 3.63) is 77.4 Å². The minimum atomic E-state index is -0.975. The summed E-state index contributed by atoms with van der Waals surface area (Å²) < 4.78 is 16.5. The van der Waals surface area contributed by atoms with Crippen molar-refractivity contribution in [2.45, 2.75) is 107 Å². The molecule has 5 rings (SSSR count). The first kappa shape index (κ1) is 34.1. The number of aliphatic hydroxyl groups excluding tert-OH is 2. The predicted octanol–water partition coefficient (Wildman–Crippen LogP) is 5.45. The summed E-state index contributed by atoms with van der Waals surface area (Å²) in [6.45, 7) is 0.258. The van der Waals surface area contributed by atoms with Gasteiger partial charge in [0.05, 0.1) is 30.9 Å². The summed E-state index contributed by atoms with van der Waals surface area (Å²) in [5.74, 6) is -0.438. The minimum absolute atomic E-state index is 0.148. The van der Waals surface area contributed by atoms with Gasteiger partial charge in [-0.05, 0) is 48.3 Å². The Hall–Kier alpha value is -3.24.